The fourth-order valence-corrected chi connectivity index (χ4v) is 6.93. The van der Waals surface area contributed by atoms with Crippen LogP contribution in [0.4, 0.5) is 0 Å². The Balaban J connectivity index is 1.13. The van der Waals surface area contributed by atoms with E-state index in [4.69, 9.17) is 25.8 Å². The van der Waals surface area contributed by atoms with Gasteiger partial charge in [-0.25, -0.2) is 0 Å². The SMILES string of the molecule is CC(=O)O[C@@H](C)C(=O)NCc1cccc(-c2ccc([C@@H]3O[C@H](CN4CCC(O)(c5ccc(Cl)cc5)CC4)C[C@H](c4ccc(CO)cc4)O3)cc2)c1. The number of nitrogens with zero attached hydrogens (tertiary/aromatic N) is 1. The average molecular weight is 713 g/mol. The van der Waals surface area contributed by atoms with Crippen LogP contribution in [0.25, 0.3) is 11.1 Å². The number of halogens is 1. The smallest absolute Gasteiger partial charge is 0.303 e. The van der Waals surface area contributed by atoms with Gasteiger partial charge < -0.3 is 34.6 Å². The minimum Gasteiger partial charge on any atom is -0.453 e. The summed E-state index contributed by atoms with van der Waals surface area (Å²) in [4.78, 5) is 25.9. The monoisotopic (exact) mass is 712 g/mol. The van der Waals surface area contributed by atoms with Gasteiger partial charge in [-0.2, -0.15) is 0 Å². The minimum absolute atomic E-state index is 0.0172. The van der Waals surface area contributed by atoms with Gasteiger partial charge in [-0.1, -0.05) is 90.5 Å². The van der Waals surface area contributed by atoms with Crippen LogP contribution in [-0.4, -0.2) is 58.8 Å². The number of nitrogens with one attached hydrogen (secondary N) is 1. The second-order valence-electron chi connectivity index (χ2n) is 13.5. The maximum absolute atomic E-state index is 12.3. The molecule has 6 rings (SSSR count). The van der Waals surface area contributed by atoms with Crippen molar-refractivity contribution in [3.05, 3.63) is 130 Å². The largest absolute Gasteiger partial charge is 0.453 e. The second kappa shape index (κ2) is 16.5. The number of piperidine rings is 1. The summed E-state index contributed by atoms with van der Waals surface area (Å²) in [6.45, 7) is 5.30. The summed E-state index contributed by atoms with van der Waals surface area (Å²) in [7, 11) is 0. The molecular weight excluding hydrogens is 668 g/mol. The van der Waals surface area contributed by atoms with Crippen LogP contribution in [0.2, 0.25) is 5.02 Å². The Bertz CT molecular complexity index is 1770. The van der Waals surface area contributed by atoms with Crippen LogP contribution in [0.5, 0.6) is 0 Å². The maximum atomic E-state index is 12.3. The first-order chi connectivity index (χ1) is 24.6. The zero-order valence-electron chi connectivity index (χ0n) is 29.0. The summed E-state index contributed by atoms with van der Waals surface area (Å²) in [6, 6.07) is 31.4. The van der Waals surface area contributed by atoms with E-state index in [-0.39, 0.29) is 24.7 Å². The molecule has 1 amide bonds. The number of esters is 1. The van der Waals surface area contributed by atoms with E-state index < -0.39 is 24.0 Å². The van der Waals surface area contributed by atoms with Gasteiger partial charge in [0, 0.05) is 50.1 Å². The Labute approximate surface area is 304 Å². The number of aliphatic hydroxyl groups is 2. The summed E-state index contributed by atoms with van der Waals surface area (Å²) < 4.78 is 18.2. The maximum Gasteiger partial charge on any atom is 0.303 e. The number of rotatable bonds is 11. The van der Waals surface area contributed by atoms with Crippen molar-refractivity contribution in [1.82, 2.24) is 10.2 Å². The van der Waals surface area contributed by atoms with Crippen LogP contribution in [-0.2, 0) is 42.6 Å². The van der Waals surface area contributed by atoms with Gasteiger partial charge in [0.2, 0.25) is 0 Å². The molecule has 0 bridgehead atoms. The van der Waals surface area contributed by atoms with Crippen molar-refractivity contribution in [3.63, 3.8) is 0 Å². The molecule has 4 aromatic carbocycles. The molecule has 2 aliphatic heterocycles. The molecule has 2 aliphatic rings. The van der Waals surface area contributed by atoms with Crippen LogP contribution in [0, 0.1) is 0 Å². The van der Waals surface area contributed by atoms with Crippen LogP contribution >= 0.6 is 11.6 Å². The van der Waals surface area contributed by atoms with Crippen molar-refractivity contribution < 1.29 is 34.0 Å². The molecule has 0 aromatic heterocycles. The third kappa shape index (κ3) is 9.43. The van der Waals surface area contributed by atoms with Gasteiger partial charge >= 0.3 is 5.97 Å². The third-order valence-electron chi connectivity index (χ3n) is 9.76. The fourth-order valence-electron chi connectivity index (χ4n) is 6.80. The van der Waals surface area contributed by atoms with Crippen molar-refractivity contribution in [1.29, 1.82) is 0 Å². The summed E-state index contributed by atoms with van der Waals surface area (Å²) in [6.07, 6.45) is 0.161. The number of carbonyl (C=O) groups excluding carboxylic acids is 2. The Morgan fingerprint density at radius 1 is 0.922 bits per heavy atom. The number of hydrogen-bond donors (Lipinski definition) is 3. The summed E-state index contributed by atoms with van der Waals surface area (Å²) in [5.41, 5.74) is 5.72. The molecule has 2 saturated heterocycles. The lowest BCUT2D eigenvalue weighted by molar-refractivity contribution is -0.253. The van der Waals surface area contributed by atoms with E-state index in [1.165, 1.54) is 6.92 Å². The summed E-state index contributed by atoms with van der Waals surface area (Å²) in [5.74, 6) is -0.852. The van der Waals surface area contributed by atoms with E-state index in [2.05, 4.69) is 10.2 Å². The highest BCUT2D eigenvalue weighted by atomic mass is 35.5. The predicted octanol–water partition coefficient (Wildman–Crippen LogP) is 6.60. The molecule has 10 heteroatoms. The van der Waals surface area contributed by atoms with Crippen LogP contribution < -0.4 is 5.32 Å². The van der Waals surface area contributed by atoms with Gasteiger partial charge in [-0.05, 0) is 71.3 Å². The summed E-state index contributed by atoms with van der Waals surface area (Å²) >= 11 is 6.09. The van der Waals surface area contributed by atoms with E-state index in [9.17, 15) is 19.8 Å². The van der Waals surface area contributed by atoms with E-state index >= 15 is 0 Å². The quantitative estimate of drug-likeness (QED) is 0.149. The van der Waals surface area contributed by atoms with Crippen molar-refractivity contribution >= 4 is 23.5 Å². The number of hydrogen-bond acceptors (Lipinski definition) is 8. The molecule has 268 valence electrons. The standard InChI is InChI=1S/C41H45ClN2O7/c1-27(49-28(2)46)39(47)43-24-30-4-3-5-34(22-30)31-10-12-33(13-11-31)40-50-37(23-38(51-40)32-8-6-29(26-45)7-9-32)25-44-20-18-41(48,19-21-44)35-14-16-36(42)17-15-35/h3-17,22,27,37-38,40,45,48H,18-21,23-26H2,1-2H3,(H,43,47)/t27-,37-,38+,40+/m0/s1. The fraction of sp³-hybridized carbons (Fsp3) is 0.366. The van der Waals surface area contributed by atoms with Gasteiger partial charge in [-0.15, -0.1) is 0 Å². The van der Waals surface area contributed by atoms with Gasteiger partial charge in [0.05, 0.1) is 24.4 Å². The van der Waals surface area contributed by atoms with E-state index in [0.29, 0.717) is 37.4 Å². The molecule has 0 aliphatic carbocycles. The Hall–Kier alpha value is -4.09. The topological polar surface area (TPSA) is 118 Å². The number of amides is 1. The van der Waals surface area contributed by atoms with E-state index in [1.807, 2.05) is 97.1 Å². The highest BCUT2D eigenvalue weighted by Gasteiger charge is 2.37. The Morgan fingerprint density at radius 3 is 2.27 bits per heavy atom. The predicted molar refractivity (Wildman–Crippen MR) is 194 cm³/mol. The van der Waals surface area contributed by atoms with Gasteiger partial charge in [0.15, 0.2) is 12.4 Å². The van der Waals surface area contributed by atoms with Crippen LogP contribution in [0.1, 0.15) is 73.3 Å². The third-order valence-corrected chi connectivity index (χ3v) is 10.0. The average Bonchev–Trinajstić information content (AvgIpc) is 3.15. The van der Waals surface area contributed by atoms with Crippen molar-refractivity contribution in [2.75, 3.05) is 19.6 Å². The molecule has 9 nitrogen and oxygen atoms in total. The Kier molecular flexibility index (Phi) is 11.9. The lowest BCUT2D eigenvalue weighted by atomic mass is 9.84. The lowest BCUT2D eigenvalue weighted by Gasteiger charge is -2.42. The zero-order valence-corrected chi connectivity index (χ0v) is 29.7. The zero-order chi connectivity index (χ0) is 36.0. The number of aliphatic hydroxyl groups excluding tert-OH is 1. The first kappa shape index (κ1) is 36.7. The number of likely N-dealkylation sites (tertiary alicyclic amines) is 1. The molecule has 0 unspecified atom stereocenters. The molecule has 4 atom stereocenters. The van der Waals surface area contributed by atoms with Crippen molar-refractivity contribution in [2.45, 2.75) is 76.5 Å². The number of carbonyl (C=O) groups is 2. The summed E-state index contributed by atoms with van der Waals surface area (Å²) in [5, 5.41) is 24.5. The molecule has 4 aromatic rings. The highest BCUT2D eigenvalue weighted by Crippen LogP contribution is 2.40. The molecule has 51 heavy (non-hydrogen) atoms. The molecule has 3 N–H and O–H groups in total. The molecule has 2 fully saturated rings. The first-order valence-corrected chi connectivity index (χ1v) is 17.8. The molecule has 0 spiro atoms. The first-order valence-electron chi connectivity index (χ1n) is 17.4. The van der Waals surface area contributed by atoms with Crippen molar-refractivity contribution in [2.24, 2.45) is 0 Å². The molecule has 0 saturated carbocycles. The van der Waals surface area contributed by atoms with Crippen molar-refractivity contribution in [3.8, 4) is 11.1 Å². The van der Waals surface area contributed by atoms with Gasteiger partial charge in [0.25, 0.3) is 5.91 Å². The molecule has 0 radical (unpaired) electrons. The van der Waals surface area contributed by atoms with Gasteiger partial charge in [0.1, 0.15) is 0 Å². The van der Waals surface area contributed by atoms with Crippen LogP contribution in [0.15, 0.2) is 97.1 Å². The minimum atomic E-state index is -0.879. The Morgan fingerprint density at radius 2 is 1.61 bits per heavy atom. The number of benzene rings is 4. The second-order valence-corrected chi connectivity index (χ2v) is 13.9. The van der Waals surface area contributed by atoms with E-state index in [1.54, 1.807) is 6.92 Å². The molecule has 2 heterocycles. The normalized spacial score (nSPS) is 21.1. The van der Waals surface area contributed by atoms with E-state index in [0.717, 1.165) is 52.0 Å². The number of ether oxygens (including phenoxy) is 3. The highest BCUT2D eigenvalue weighted by molar-refractivity contribution is 6.30. The lowest BCUT2D eigenvalue weighted by Crippen LogP contribution is -2.46. The van der Waals surface area contributed by atoms with Crippen LogP contribution in [0.3, 0.4) is 0 Å². The van der Waals surface area contributed by atoms with Gasteiger partial charge in [-0.3, -0.25) is 9.59 Å². The molecular formula is C41H45ClN2O7.